The lowest BCUT2D eigenvalue weighted by atomic mass is 9.99. The zero-order valence-corrected chi connectivity index (χ0v) is 15.4. The van der Waals surface area contributed by atoms with Crippen LogP contribution in [-0.2, 0) is 16.1 Å². The summed E-state index contributed by atoms with van der Waals surface area (Å²) < 4.78 is 5.76. The van der Waals surface area contributed by atoms with Crippen LogP contribution in [0.2, 0.25) is 0 Å². The van der Waals surface area contributed by atoms with E-state index in [1.807, 2.05) is 13.8 Å². The highest BCUT2D eigenvalue weighted by Crippen LogP contribution is 2.19. The van der Waals surface area contributed by atoms with Gasteiger partial charge in [0, 0.05) is 19.6 Å². The van der Waals surface area contributed by atoms with Crippen LogP contribution >= 0.6 is 0 Å². The van der Waals surface area contributed by atoms with Gasteiger partial charge in [-0.05, 0) is 37.5 Å². The van der Waals surface area contributed by atoms with Crippen molar-refractivity contribution in [3.8, 4) is 0 Å². The number of hydrogen-bond acceptors (Lipinski definition) is 4. The topological polar surface area (TPSA) is 78.9 Å². The average Bonchev–Trinajstić information content (AvgIpc) is 2.52. The third-order valence-electron chi connectivity index (χ3n) is 4.41. The molecule has 1 heterocycles. The Balaban J connectivity index is 1.99. The summed E-state index contributed by atoms with van der Waals surface area (Å²) in [4.78, 5) is 25.8. The van der Waals surface area contributed by atoms with E-state index in [-0.39, 0.29) is 35.6 Å². The van der Waals surface area contributed by atoms with Gasteiger partial charge >= 0.3 is 5.97 Å². The number of amides is 1. The number of rotatable bonds is 6. The maximum absolute atomic E-state index is 12.8. The summed E-state index contributed by atoms with van der Waals surface area (Å²) in [6.45, 7) is 10.0. The van der Waals surface area contributed by atoms with Crippen LogP contribution in [0.5, 0.6) is 0 Å². The minimum Gasteiger partial charge on any atom is -0.478 e. The molecule has 1 aromatic rings. The van der Waals surface area contributed by atoms with E-state index in [4.69, 9.17) is 9.84 Å². The molecule has 1 saturated heterocycles. The number of carbonyl (C=O) groups is 2. The summed E-state index contributed by atoms with van der Waals surface area (Å²) in [6, 6.07) is 6.36. The molecular formula is C19H28N2O4. The zero-order chi connectivity index (χ0) is 18.6. The van der Waals surface area contributed by atoms with Crippen LogP contribution < -0.4 is 5.32 Å². The smallest absolute Gasteiger partial charge is 0.335 e. The molecule has 3 atom stereocenters. The largest absolute Gasteiger partial charge is 0.478 e. The van der Waals surface area contributed by atoms with Gasteiger partial charge in [-0.15, -0.1) is 0 Å². The van der Waals surface area contributed by atoms with E-state index in [0.29, 0.717) is 6.54 Å². The maximum atomic E-state index is 12.8. The molecular weight excluding hydrogens is 320 g/mol. The van der Waals surface area contributed by atoms with Crippen molar-refractivity contribution in [3.63, 3.8) is 0 Å². The standard InChI is InChI=1S/C19H28N2O4/c1-12(2)17(21-10-13(3)25-14(4)11-21)18(22)20-9-15-5-7-16(8-6-15)19(23)24/h5-8,12-14,17H,9-11H2,1-4H3,(H,20,22)(H,23,24)/t13-,14+,17-/m0/s1. The van der Waals surface area contributed by atoms with Crippen LogP contribution in [-0.4, -0.2) is 53.2 Å². The lowest BCUT2D eigenvalue weighted by Crippen LogP contribution is -2.56. The van der Waals surface area contributed by atoms with Crippen molar-refractivity contribution in [2.75, 3.05) is 13.1 Å². The van der Waals surface area contributed by atoms with Crippen molar-refractivity contribution in [1.82, 2.24) is 10.2 Å². The second kappa shape index (κ2) is 8.45. The van der Waals surface area contributed by atoms with Gasteiger partial charge in [0.15, 0.2) is 0 Å². The quantitative estimate of drug-likeness (QED) is 0.823. The van der Waals surface area contributed by atoms with E-state index >= 15 is 0 Å². The second-order valence-corrected chi connectivity index (χ2v) is 7.12. The molecule has 0 bridgehead atoms. The number of aromatic carboxylic acids is 1. The summed E-state index contributed by atoms with van der Waals surface area (Å²) in [5.74, 6) is -0.767. The normalized spacial score (nSPS) is 22.6. The molecule has 2 N–H and O–H groups in total. The number of benzene rings is 1. The van der Waals surface area contributed by atoms with E-state index in [2.05, 4.69) is 24.1 Å². The number of carbonyl (C=O) groups excluding carboxylic acids is 1. The molecule has 2 rings (SSSR count). The highest BCUT2D eigenvalue weighted by molar-refractivity contribution is 5.87. The molecule has 6 nitrogen and oxygen atoms in total. The molecule has 0 spiro atoms. The number of carboxylic acid groups (broad SMARTS) is 1. The van der Waals surface area contributed by atoms with Crippen LogP contribution in [0.25, 0.3) is 0 Å². The fourth-order valence-electron chi connectivity index (χ4n) is 3.39. The SMILES string of the molecule is CC(C)[C@@H](C(=O)NCc1ccc(C(=O)O)cc1)N1C[C@@H](C)O[C@@H](C)C1. The Morgan fingerprint density at radius 3 is 2.24 bits per heavy atom. The van der Waals surface area contributed by atoms with E-state index in [0.717, 1.165) is 18.7 Å². The number of ether oxygens (including phenoxy) is 1. The first-order valence-electron chi connectivity index (χ1n) is 8.77. The molecule has 0 aromatic heterocycles. The van der Waals surface area contributed by atoms with Gasteiger partial charge in [0.2, 0.25) is 5.91 Å². The monoisotopic (exact) mass is 348 g/mol. The Labute approximate surface area is 149 Å². The molecule has 1 fully saturated rings. The van der Waals surface area contributed by atoms with Gasteiger partial charge in [-0.25, -0.2) is 4.79 Å². The van der Waals surface area contributed by atoms with Crippen LogP contribution in [0.4, 0.5) is 0 Å². The number of carboxylic acids is 1. The number of morpholine rings is 1. The highest BCUT2D eigenvalue weighted by atomic mass is 16.5. The molecule has 1 aliphatic rings. The average molecular weight is 348 g/mol. The van der Waals surface area contributed by atoms with Gasteiger partial charge in [-0.3, -0.25) is 9.69 Å². The Hall–Kier alpha value is -1.92. The molecule has 0 aliphatic carbocycles. The van der Waals surface area contributed by atoms with Crippen molar-refractivity contribution in [1.29, 1.82) is 0 Å². The lowest BCUT2D eigenvalue weighted by molar-refractivity contribution is -0.135. The number of nitrogens with zero attached hydrogens (tertiary/aromatic N) is 1. The molecule has 25 heavy (non-hydrogen) atoms. The minimum atomic E-state index is -0.953. The zero-order valence-electron chi connectivity index (χ0n) is 15.4. The first kappa shape index (κ1) is 19.4. The van der Waals surface area contributed by atoms with Crippen LogP contribution in [0.3, 0.4) is 0 Å². The predicted octanol–water partition coefficient (Wildman–Crippen LogP) is 2.13. The lowest BCUT2D eigenvalue weighted by Gasteiger charge is -2.41. The summed E-state index contributed by atoms with van der Waals surface area (Å²) in [5, 5.41) is 11.9. The van der Waals surface area contributed by atoms with Crippen LogP contribution in [0.1, 0.15) is 43.6 Å². The molecule has 0 saturated carbocycles. The van der Waals surface area contributed by atoms with E-state index in [1.165, 1.54) is 0 Å². The second-order valence-electron chi connectivity index (χ2n) is 7.12. The van der Waals surface area contributed by atoms with Gasteiger partial charge in [0.1, 0.15) is 0 Å². The Morgan fingerprint density at radius 1 is 1.20 bits per heavy atom. The first-order chi connectivity index (χ1) is 11.8. The predicted molar refractivity (Wildman–Crippen MR) is 95.5 cm³/mol. The minimum absolute atomic E-state index is 0.00129. The molecule has 0 unspecified atom stereocenters. The fourth-order valence-corrected chi connectivity index (χ4v) is 3.39. The summed E-state index contributed by atoms with van der Waals surface area (Å²) in [5.41, 5.74) is 1.12. The summed E-state index contributed by atoms with van der Waals surface area (Å²) >= 11 is 0. The van der Waals surface area contributed by atoms with E-state index in [9.17, 15) is 9.59 Å². The molecule has 1 aromatic carbocycles. The van der Waals surface area contributed by atoms with Crippen molar-refractivity contribution in [2.24, 2.45) is 5.92 Å². The molecule has 6 heteroatoms. The summed E-state index contributed by atoms with van der Waals surface area (Å²) in [7, 11) is 0. The Bertz CT molecular complexity index is 590. The van der Waals surface area contributed by atoms with E-state index < -0.39 is 5.97 Å². The maximum Gasteiger partial charge on any atom is 0.335 e. The van der Waals surface area contributed by atoms with E-state index in [1.54, 1.807) is 24.3 Å². The number of nitrogens with one attached hydrogen (secondary N) is 1. The van der Waals surface area contributed by atoms with Gasteiger partial charge in [0.05, 0.1) is 23.8 Å². The van der Waals surface area contributed by atoms with Crippen molar-refractivity contribution in [2.45, 2.75) is 52.5 Å². The molecule has 0 radical (unpaired) electrons. The van der Waals surface area contributed by atoms with Gasteiger partial charge in [0.25, 0.3) is 0 Å². The van der Waals surface area contributed by atoms with Crippen molar-refractivity contribution < 1.29 is 19.4 Å². The molecule has 1 aliphatic heterocycles. The van der Waals surface area contributed by atoms with Gasteiger partial charge in [-0.2, -0.15) is 0 Å². The Morgan fingerprint density at radius 2 is 1.76 bits per heavy atom. The first-order valence-corrected chi connectivity index (χ1v) is 8.77. The van der Waals surface area contributed by atoms with Crippen LogP contribution in [0, 0.1) is 5.92 Å². The van der Waals surface area contributed by atoms with Crippen molar-refractivity contribution in [3.05, 3.63) is 35.4 Å². The third kappa shape index (κ3) is 5.28. The molecule has 138 valence electrons. The summed E-state index contributed by atoms with van der Waals surface area (Å²) in [6.07, 6.45) is 0.225. The molecule has 1 amide bonds. The highest BCUT2D eigenvalue weighted by Gasteiger charge is 2.33. The van der Waals surface area contributed by atoms with Gasteiger partial charge < -0.3 is 15.2 Å². The number of hydrogen-bond donors (Lipinski definition) is 2. The van der Waals surface area contributed by atoms with Crippen molar-refractivity contribution >= 4 is 11.9 Å². The van der Waals surface area contributed by atoms with Gasteiger partial charge in [-0.1, -0.05) is 26.0 Å². The third-order valence-corrected chi connectivity index (χ3v) is 4.41. The fraction of sp³-hybridized carbons (Fsp3) is 0.579. The Kier molecular flexibility index (Phi) is 6.56. The van der Waals surface area contributed by atoms with Crippen LogP contribution in [0.15, 0.2) is 24.3 Å².